The molecular formula is C64H45N5. The van der Waals surface area contributed by atoms with Crippen molar-refractivity contribution in [2.75, 3.05) is 4.90 Å². The highest BCUT2D eigenvalue weighted by Gasteiger charge is 2.40. The van der Waals surface area contributed by atoms with Gasteiger partial charge in [0.2, 0.25) is 0 Å². The van der Waals surface area contributed by atoms with Crippen LogP contribution in [0.4, 0.5) is 11.4 Å². The second kappa shape index (κ2) is 15.0. The van der Waals surface area contributed by atoms with Crippen LogP contribution >= 0.6 is 0 Å². The number of anilines is 2. The maximum atomic E-state index is 5.81. The highest BCUT2D eigenvalue weighted by molar-refractivity contribution is 6.07. The smallest absolute Gasteiger partial charge is 0.166 e. The Morgan fingerprint density at radius 1 is 0.507 bits per heavy atom. The first kappa shape index (κ1) is 38.7. The van der Waals surface area contributed by atoms with E-state index in [1.165, 1.54) is 88.7 Å². The van der Waals surface area contributed by atoms with Crippen LogP contribution in [-0.4, -0.2) is 25.6 Å². The van der Waals surface area contributed by atoms with Gasteiger partial charge in [0.1, 0.15) is 0 Å². The molecule has 0 bridgehead atoms. The van der Waals surface area contributed by atoms with Crippen LogP contribution in [-0.2, 0) is 25.7 Å². The number of rotatable bonds is 5. The predicted molar refractivity (Wildman–Crippen MR) is 284 cm³/mol. The predicted octanol–water partition coefficient (Wildman–Crippen LogP) is 15.1. The van der Waals surface area contributed by atoms with Crippen molar-refractivity contribution < 1.29 is 0 Å². The van der Waals surface area contributed by atoms with E-state index < -0.39 is 0 Å². The first-order valence-electron chi connectivity index (χ1n) is 24.5. The van der Waals surface area contributed by atoms with E-state index >= 15 is 0 Å². The van der Waals surface area contributed by atoms with Gasteiger partial charge in [-0.1, -0.05) is 152 Å². The summed E-state index contributed by atoms with van der Waals surface area (Å²) in [5.74, 6) is 2.04. The minimum absolute atomic E-state index is 0.0864. The van der Waals surface area contributed by atoms with Gasteiger partial charge in [-0.2, -0.15) is 0 Å². The van der Waals surface area contributed by atoms with Crippen LogP contribution in [0.1, 0.15) is 63.0 Å². The Labute approximate surface area is 401 Å². The molecule has 2 aromatic heterocycles. The van der Waals surface area contributed by atoms with Crippen LogP contribution in [0.25, 0.3) is 96.5 Å². The lowest BCUT2D eigenvalue weighted by Gasteiger charge is -2.33. The van der Waals surface area contributed by atoms with Crippen molar-refractivity contribution in [2.45, 2.75) is 44.6 Å². The number of aromatic nitrogens is 4. The van der Waals surface area contributed by atoms with E-state index in [9.17, 15) is 0 Å². The molecule has 4 aliphatic carbocycles. The Bertz CT molecular complexity index is 3920. The molecule has 8 aromatic carbocycles. The zero-order chi connectivity index (χ0) is 45.2. The van der Waals surface area contributed by atoms with E-state index in [0.29, 0.717) is 17.5 Å². The summed E-state index contributed by atoms with van der Waals surface area (Å²) in [6.07, 6.45) is 17.3. The second-order valence-electron chi connectivity index (χ2n) is 19.2. The van der Waals surface area contributed by atoms with Gasteiger partial charge in [-0.25, -0.2) is 15.0 Å². The third-order valence-electron chi connectivity index (χ3n) is 15.5. The third kappa shape index (κ3) is 5.86. The highest BCUT2D eigenvalue weighted by atomic mass is 15.2. The topological polar surface area (TPSA) is 46.8 Å². The second-order valence-corrected chi connectivity index (χ2v) is 19.2. The fourth-order valence-electron chi connectivity index (χ4n) is 12.4. The lowest BCUT2D eigenvalue weighted by atomic mass is 9.86. The zero-order valence-corrected chi connectivity index (χ0v) is 38.0. The van der Waals surface area contributed by atoms with Gasteiger partial charge in [0.05, 0.1) is 22.8 Å². The van der Waals surface area contributed by atoms with E-state index in [1.54, 1.807) is 0 Å². The number of allylic oxidation sites excluding steroid dienone is 2. The average molecular weight is 884 g/mol. The molecule has 3 heterocycles. The average Bonchev–Trinajstić information content (AvgIpc) is 4.08. The molecule has 1 unspecified atom stereocenters. The number of benzene rings is 8. The van der Waals surface area contributed by atoms with Crippen molar-refractivity contribution in [1.29, 1.82) is 0 Å². The Kier molecular flexibility index (Phi) is 8.43. The maximum absolute atomic E-state index is 5.81. The van der Waals surface area contributed by atoms with Gasteiger partial charge in [0.25, 0.3) is 0 Å². The summed E-state index contributed by atoms with van der Waals surface area (Å²) in [6.45, 7) is 0. The molecule has 69 heavy (non-hydrogen) atoms. The summed E-state index contributed by atoms with van der Waals surface area (Å²) in [4.78, 5) is 19.7. The summed E-state index contributed by atoms with van der Waals surface area (Å²) in [5.41, 5.74) is 23.2. The number of fused-ring (bicyclic) bond motifs is 13. The molecular weight excluding hydrogens is 839 g/mol. The summed E-state index contributed by atoms with van der Waals surface area (Å²) in [7, 11) is 0. The molecule has 0 radical (unpaired) electrons. The van der Waals surface area contributed by atoms with Crippen LogP contribution in [0.5, 0.6) is 0 Å². The summed E-state index contributed by atoms with van der Waals surface area (Å²) >= 11 is 0. The monoisotopic (exact) mass is 883 g/mol. The van der Waals surface area contributed by atoms with Crippen molar-refractivity contribution >= 4 is 56.9 Å². The molecule has 0 N–H and O–H groups in total. The van der Waals surface area contributed by atoms with Crippen LogP contribution in [0.2, 0.25) is 0 Å². The van der Waals surface area contributed by atoms with Crippen LogP contribution in [0.3, 0.4) is 0 Å². The molecule has 326 valence electrons. The fraction of sp³-hybridized carbons (Fsp3) is 0.109. The van der Waals surface area contributed by atoms with E-state index in [4.69, 9.17) is 15.0 Å². The largest absolute Gasteiger partial charge is 0.332 e. The molecule has 0 saturated carbocycles. The lowest BCUT2D eigenvalue weighted by molar-refractivity contribution is 0.807. The van der Waals surface area contributed by atoms with Crippen molar-refractivity contribution in [3.8, 4) is 51.0 Å². The first-order valence-corrected chi connectivity index (χ1v) is 24.5. The quantitative estimate of drug-likeness (QED) is 0.173. The van der Waals surface area contributed by atoms with E-state index in [1.807, 2.05) is 0 Å². The lowest BCUT2D eigenvalue weighted by Crippen LogP contribution is -2.31. The Morgan fingerprint density at radius 2 is 1.30 bits per heavy atom. The first-order chi connectivity index (χ1) is 34.2. The van der Waals surface area contributed by atoms with Crippen LogP contribution < -0.4 is 4.90 Å². The number of para-hydroxylation sites is 3. The summed E-state index contributed by atoms with van der Waals surface area (Å²) in [5, 5.41) is 3.76. The van der Waals surface area contributed by atoms with Gasteiger partial charge < -0.3 is 9.47 Å². The van der Waals surface area contributed by atoms with Gasteiger partial charge in [-0.15, -0.1) is 0 Å². The summed E-state index contributed by atoms with van der Waals surface area (Å²) in [6, 6.07) is 60.5. The molecule has 5 heteroatoms. The van der Waals surface area contributed by atoms with Gasteiger partial charge in [0, 0.05) is 44.7 Å². The maximum Gasteiger partial charge on any atom is 0.166 e. The van der Waals surface area contributed by atoms with Crippen molar-refractivity contribution in [2.24, 2.45) is 0 Å². The van der Waals surface area contributed by atoms with Crippen molar-refractivity contribution in [3.05, 3.63) is 226 Å². The van der Waals surface area contributed by atoms with Gasteiger partial charge in [0.15, 0.2) is 17.5 Å². The van der Waals surface area contributed by atoms with E-state index in [-0.39, 0.29) is 6.04 Å². The Hall–Kier alpha value is -8.41. The standard InChI is InChI=1S/C64H45N5/c1-2-20-46(21-3-1)68-55-27-12-10-23-48(55)51-25-14-26-52(61(51)68)63-65-62(45-30-29-39-15-4-5-17-41(39)35-45)66-64(67-63)60-57(34-32-44-37-53-47-22-9-8-16-40(47)31-33-50(53)59(44)60)69-56-28-13-11-24-49(56)54-36-42-18-6-7-19-43(42)38-58(54)69/h1-4,6-11,13-16,18-26,28-36,58H,5,12,17,27,37-38H2. The number of aryl methyl sites for hydroxylation is 1. The molecule has 5 aliphatic rings. The normalized spacial score (nSPS) is 15.9. The molecule has 0 spiro atoms. The Morgan fingerprint density at radius 3 is 2.28 bits per heavy atom. The fourth-order valence-corrected chi connectivity index (χ4v) is 12.4. The van der Waals surface area contributed by atoms with Gasteiger partial charge in [-0.05, 0) is 142 Å². The van der Waals surface area contributed by atoms with Gasteiger partial charge >= 0.3 is 0 Å². The van der Waals surface area contributed by atoms with Crippen LogP contribution in [0, 0.1) is 0 Å². The minimum Gasteiger partial charge on any atom is -0.332 e. The van der Waals surface area contributed by atoms with E-state index in [0.717, 1.165) is 72.1 Å². The summed E-state index contributed by atoms with van der Waals surface area (Å²) < 4.78 is 2.47. The SMILES string of the molecule is C1=Cc2ccc(-c3nc(-c4c(N5c6ccccc6C6=Cc7ccccc7CC65)ccc5c4-c4ccc6ccccc6c4C5)nc(-c4cccc5c6c(n(-c7ccccc7)c45)CCC=C6)n3)cc2CC1. The number of hydrogen-bond acceptors (Lipinski definition) is 4. The van der Waals surface area contributed by atoms with E-state index in [2.05, 4.69) is 204 Å². The highest BCUT2D eigenvalue weighted by Crippen LogP contribution is 2.55. The number of nitrogens with zero attached hydrogens (tertiary/aromatic N) is 5. The van der Waals surface area contributed by atoms with Crippen molar-refractivity contribution in [1.82, 2.24) is 19.5 Å². The number of hydrogen-bond donors (Lipinski definition) is 0. The van der Waals surface area contributed by atoms with Crippen molar-refractivity contribution in [3.63, 3.8) is 0 Å². The molecule has 1 atom stereocenters. The third-order valence-corrected chi connectivity index (χ3v) is 15.5. The Balaban J connectivity index is 1.04. The molecule has 0 fully saturated rings. The molecule has 5 nitrogen and oxygen atoms in total. The molecule has 0 saturated heterocycles. The minimum atomic E-state index is 0.0864. The molecule has 15 rings (SSSR count). The molecule has 1 aliphatic heterocycles. The molecule has 0 amide bonds. The van der Waals surface area contributed by atoms with Crippen LogP contribution in [0.15, 0.2) is 176 Å². The zero-order valence-electron chi connectivity index (χ0n) is 38.0. The molecule has 10 aromatic rings. The van der Waals surface area contributed by atoms with Gasteiger partial charge in [-0.3, -0.25) is 0 Å².